The molecular weight excluding hydrogens is 263 g/mol. The summed E-state index contributed by atoms with van der Waals surface area (Å²) in [5, 5.41) is 0. The second kappa shape index (κ2) is 4.62. The zero-order chi connectivity index (χ0) is 14.2. The van der Waals surface area contributed by atoms with Crippen molar-refractivity contribution < 1.29 is 13.2 Å². The Morgan fingerprint density at radius 3 is 2.10 bits per heavy atom. The van der Waals surface area contributed by atoms with Crippen molar-refractivity contribution in [3.8, 4) is 0 Å². The summed E-state index contributed by atoms with van der Waals surface area (Å²) in [6.07, 6.45) is 0.415. The summed E-state index contributed by atoms with van der Waals surface area (Å²) < 4.78 is 37.9. The summed E-state index contributed by atoms with van der Waals surface area (Å²) in [5.41, 5.74) is 1.07. The van der Waals surface area contributed by atoms with Crippen LogP contribution in [0.5, 0.6) is 0 Å². The third-order valence-electron chi connectivity index (χ3n) is 4.13. The van der Waals surface area contributed by atoms with Gasteiger partial charge >= 0.3 is 6.18 Å². The van der Waals surface area contributed by atoms with Crippen molar-refractivity contribution in [3.63, 3.8) is 0 Å². The van der Waals surface area contributed by atoms with Crippen LogP contribution in [0.2, 0.25) is 0 Å². The lowest BCUT2D eigenvalue weighted by atomic mass is 9.62. The molecule has 4 heteroatoms. The molecule has 1 aliphatic carbocycles. The van der Waals surface area contributed by atoms with Crippen molar-refractivity contribution in [3.05, 3.63) is 65.5 Å². The van der Waals surface area contributed by atoms with Crippen molar-refractivity contribution in [1.29, 1.82) is 0 Å². The Bertz CT molecular complexity index is 583. The molecule has 0 spiro atoms. The molecule has 1 fully saturated rings. The zero-order valence-electron chi connectivity index (χ0n) is 10.8. The van der Waals surface area contributed by atoms with Crippen LogP contribution < -0.4 is 0 Å². The molecule has 0 atom stereocenters. The number of halogens is 3. The summed E-state index contributed by atoms with van der Waals surface area (Å²) in [5.74, 6) is 0. The lowest BCUT2D eigenvalue weighted by Crippen LogP contribution is -2.36. The molecule has 20 heavy (non-hydrogen) atoms. The third-order valence-corrected chi connectivity index (χ3v) is 4.13. The van der Waals surface area contributed by atoms with Gasteiger partial charge in [0.15, 0.2) is 0 Å². The number of nitrogens with zero attached hydrogens (tertiary/aromatic N) is 1. The number of aromatic nitrogens is 1. The molecule has 1 saturated carbocycles. The predicted octanol–water partition coefficient (Wildman–Crippen LogP) is 4.57. The number of rotatable bonds is 2. The molecule has 1 aliphatic rings. The minimum atomic E-state index is -4.28. The van der Waals surface area contributed by atoms with E-state index in [-0.39, 0.29) is 5.41 Å². The molecule has 1 heterocycles. The van der Waals surface area contributed by atoms with Gasteiger partial charge in [0.1, 0.15) is 0 Å². The molecular formula is C16H14F3N. The van der Waals surface area contributed by atoms with Gasteiger partial charge in [0.25, 0.3) is 0 Å². The van der Waals surface area contributed by atoms with Crippen LogP contribution >= 0.6 is 0 Å². The number of benzene rings is 1. The molecule has 0 bridgehead atoms. The summed E-state index contributed by atoms with van der Waals surface area (Å²) in [4.78, 5) is 4.40. The van der Waals surface area contributed by atoms with Crippen LogP contribution in [0.15, 0.2) is 48.7 Å². The van der Waals surface area contributed by atoms with E-state index >= 15 is 0 Å². The van der Waals surface area contributed by atoms with Gasteiger partial charge in [0.2, 0.25) is 0 Å². The van der Waals surface area contributed by atoms with Crippen LogP contribution in [0.3, 0.4) is 0 Å². The van der Waals surface area contributed by atoms with Crippen LogP contribution in [-0.2, 0) is 11.6 Å². The van der Waals surface area contributed by atoms with Gasteiger partial charge in [0, 0.05) is 11.6 Å². The van der Waals surface area contributed by atoms with Gasteiger partial charge in [0.05, 0.1) is 11.3 Å². The van der Waals surface area contributed by atoms with E-state index in [0.29, 0.717) is 0 Å². The molecule has 0 aliphatic heterocycles. The fourth-order valence-electron chi connectivity index (χ4n) is 2.85. The van der Waals surface area contributed by atoms with Gasteiger partial charge in [-0.3, -0.25) is 4.98 Å². The fraction of sp³-hybridized carbons (Fsp3) is 0.312. The molecule has 0 saturated heterocycles. The van der Waals surface area contributed by atoms with Crippen LogP contribution in [0.25, 0.3) is 0 Å². The topological polar surface area (TPSA) is 12.9 Å². The van der Waals surface area contributed by atoms with E-state index in [1.165, 1.54) is 12.1 Å². The molecule has 0 unspecified atom stereocenters. The Labute approximate surface area is 115 Å². The molecule has 0 radical (unpaired) electrons. The number of pyridine rings is 1. The predicted molar refractivity (Wildman–Crippen MR) is 70.3 cm³/mol. The Morgan fingerprint density at radius 1 is 0.950 bits per heavy atom. The van der Waals surface area contributed by atoms with E-state index in [1.54, 1.807) is 18.3 Å². The van der Waals surface area contributed by atoms with Gasteiger partial charge in [-0.05, 0) is 42.7 Å². The summed E-state index contributed by atoms with van der Waals surface area (Å²) in [6, 6.07) is 11.2. The molecule has 0 N–H and O–H groups in total. The highest BCUT2D eigenvalue weighted by atomic mass is 19.4. The SMILES string of the molecule is FC(F)(F)c1ccc(C2(c3ccccn3)CCC2)cc1. The van der Waals surface area contributed by atoms with Gasteiger partial charge in [-0.15, -0.1) is 0 Å². The quantitative estimate of drug-likeness (QED) is 0.783. The van der Waals surface area contributed by atoms with Gasteiger partial charge in [-0.2, -0.15) is 13.2 Å². The van der Waals surface area contributed by atoms with E-state index in [4.69, 9.17) is 0 Å². The van der Waals surface area contributed by atoms with Crippen LogP contribution in [-0.4, -0.2) is 4.98 Å². The molecule has 1 nitrogen and oxygen atoms in total. The second-order valence-electron chi connectivity index (χ2n) is 5.23. The first-order chi connectivity index (χ1) is 9.52. The first-order valence-corrected chi connectivity index (χ1v) is 6.62. The maximum atomic E-state index is 12.6. The molecule has 2 aromatic rings. The van der Waals surface area contributed by atoms with E-state index in [2.05, 4.69) is 4.98 Å². The van der Waals surface area contributed by atoms with E-state index < -0.39 is 11.7 Å². The van der Waals surface area contributed by atoms with Crippen molar-refractivity contribution in [1.82, 2.24) is 4.98 Å². The number of alkyl halides is 3. The highest BCUT2D eigenvalue weighted by Crippen LogP contribution is 2.48. The average molecular weight is 277 g/mol. The summed E-state index contributed by atoms with van der Waals surface area (Å²) >= 11 is 0. The standard InChI is InChI=1S/C16H14F3N/c17-16(18,19)13-7-5-12(6-8-13)15(9-3-10-15)14-4-1-2-11-20-14/h1-2,4-8,11H,3,9-10H2. The van der Waals surface area contributed by atoms with E-state index in [1.807, 2.05) is 18.2 Å². The largest absolute Gasteiger partial charge is 0.416 e. The fourth-order valence-corrected chi connectivity index (χ4v) is 2.85. The minimum Gasteiger partial charge on any atom is -0.260 e. The first kappa shape index (κ1) is 13.2. The average Bonchev–Trinajstić information content (AvgIpc) is 2.38. The summed E-state index contributed by atoms with van der Waals surface area (Å²) in [6.45, 7) is 0. The van der Waals surface area contributed by atoms with Gasteiger partial charge in [-0.25, -0.2) is 0 Å². The highest BCUT2D eigenvalue weighted by molar-refractivity contribution is 5.40. The van der Waals surface area contributed by atoms with Gasteiger partial charge < -0.3 is 0 Å². The molecule has 1 aromatic carbocycles. The number of hydrogen-bond donors (Lipinski definition) is 0. The van der Waals surface area contributed by atoms with Crippen LogP contribution in [0.1, 0.15) is 36.1 Å². The Hall–Kier alpha value is -1.84. The normalized spacial score (nSPS) is 17.6. The monoisotopic (exact) mass is 277 g/mol. The molecule has 104 valence electrons. The van der Waals surface area contributed by atoms with Crippen LogP contribution in [0.4, 0.5) is 13.2 Å². The van der Waals surface area contributed by atoms with E-state index in [0.717, 1.165) is 30.5 Å². The molecule has 3 rings (SSSR count). The maximum absolute atomic E-state index is 12.6. The maximum Gasteiger partial charge on any atom is 0.416 e. The number of hydrogen-bond acceptors (Lipinski definition) is 1. The van der Waals surface area contributed by atoms with Gasteiger partial charge in [-0.1, -0.05) is 24.6 Å². The summed E-state index contributed by atoms with van der Waals surface area (Å²) in [7, 11) is 0. The Kier molecular flexibility index (Phi) is 3.04. The Morgan fingerprint density at radius 2 is 1.65 bits per heavy atom. The molecule has 1 aromatic heterocycles. The zero-order valence-corrected chi connectivity index (χ0v) is 10.8. The lowest BCUT2D eigenvalue weighted by Gasteiger charge is -2.42. The van der Waals surface area contributed by atoms with Crippen LogP contribution in [0, 0.1) is 0 Å². The molecule has 0 amide bonds. The lowest BCUT2D eigenvalue weighted by molar-refractivity contribution is -0.137. The van der Waals surface area contributed by atoms with Crippen molar-refractivity contribution in [2.24, 2.45) is 0 Å². The first-order valence-electron chi connectivity index (χ1n) is 6.62. The smallest absolute Gasteiger partial charge is 0.260 e. The van der Waals surface area contributed by atoms with Crippen molar-refractivity contribution in [2.45, 2.75) is 30.9 Å². The van der Waals surface area contributed by atoms with Crippen molar-refractivity contribution >= 4 is 0 Å². The van der Waals surface area contributed by atoms with Crippen molar-refractivity contribution in [2.75, 3.05) is 0 Å². The van der Waals surface area contributed by atoms with E-state index in [9.17, 15) is 13.2 Å². The third kappa shape index (κ3) is 2.09. The Balaban J connectivity index is 1.99. The minimum absolute atomic E-state index is 0.203. The highest BCUT2D eigenvalue weighted by Gasteiger charge is 2.42. The second-order valence-corrected chi connectivity index (χ2v) is 5.23.